The van der Waals surface area contributed by atoms with E-state index in [9.17, 15) is 24.0 Å². The van der Waals surface area contributed by atoms with Gasteiger partial charge in [0, 0.05) is 16.6 Å². The Morgan fingerprint density at radius 1 is 0.800 bits per heavy atom. The van der Waals surface area contributed by atoms with Crippen LogP contribution >= 0.6 is 11.8 Å². The summed E-state index contributed by atoms with van der Waals surface area (Å²) in [5.74, 6) is -3.54. The number of carbonyl (C=O) groups is 5. The third-order valence-electron chi connectivity index (χ3n) is 6.99. The van der Waals surface area contributed by atoms with Crippen LogP contribution in [0, 0.1) is 11.8 Å². The van der Waals surface area contributed by atoms with Crippen LogP contribution in [0.3, 0.4) is 0 Å². The van der Waals surface area contributed by atoms with Gasteiger partial charge in [0.15, 0.2) is 0 Å². The lowest BCUT2D eigenvalue weighted by Gasteiger charge is -2.30. The van der Waals surface area contributed by atoms with Gasteiger partial charge in [0.25, 0.3) is 0 Å². The minimum absolute atomic E-state index is 0.00207. The van der Waals surface area contributed by atoms with Crippen LogP contribution in [0.25, 0.3) is 0 Å². The highest BCUT2D eigenvalue weighted by molar-refractivity contribution is 8.00. The number of benzene rings is 2. The fourth-order valence-electron chi connectivity index (χ4n) is 4.62. The number of nitrogens with one attached hydrogen (secondary N) is 2. The topological polar surface area (TPSA) is 146 Å². The van der Waals surface area contributed by atoms with Crippen LogP contribution in [-0.4, -0.2) is 72.7 Å². The molecule has 272 valence electrons. The van der Waals surface area contributed by atoms with Gasteiger partial charge in [0.1, 0.15) is 31.5 Å². The monoisotopic (exact) mass is 710 g/mol. The maximum atomic E-state index is 13.6. The summed E-state index contributed by atoms with van der Waals surface area (Å²) in [6, 6.07) is 16.5. The molecule has 0 aromatic heterocycles. The van der Waals surface area contributed by atoms with Crippen molar-refractivity contribution in [2.24, 2.45) is 11.8 Å². The molecule has 4 atom stereocenters. The van der Waals surface area contributed by atoms with Crippen molar-refractivity contribution in [3.63, 3.8) is 0 Å². The molecule has 0 saturated carbocycles. The first kappa shape index (κ1) is 41.6. The van der Waals surface area contributed by atoms with Gasteiger partial charge in [-0.25, -0.2) is 9.59 Å². The zero-order valence-electron chi connectivity index (χ0n) is 29.6. The minimum Gasteiger partial charge on any atom is -0.463 e. The predicted octanol–water partition coefficient (Wildman–Crippen LogP) is 5.82. The molecule has 0 aliphatic carbocycles. The summed E-state index contributed by atoms with van der Waals surface area (Å²) in [4.78, 5) is 66.3. The second-order valence-corrected chi connectivity index (χ2v) is 14.1. The molecule has 0 fully saturated rings. The number of hydrogen-bond acceptors (Lipinski definition) is 10. The van der Waals surface area contributed by atoms with Crippen molar-refractivity contribution < 1.29 is 42.9 Å². The molecule has 0 saturated heterocycles. The normalized spacial score (nSPS) is 13.5. The summed E-state index contributed by atoms with van der Waals surface area (Å²) in [5, 5.41) is 4.85. The maximum Gasteiger partial charge on any atom is 0.408 e. The number of rotatable bonds is 20. The zero-order valence-corrected chi connectivity index (χ0v) is 30.4. The largest absolute Gasteiger partial charge is 0.463 e. The van der Waals surface area contributed by atoms with E-state index < -0.39 is 58.8 Å². The second-order valence-electron chi connectivity index (χ2n) is 12.8. The van der Waals surface area contributed by atoms with Gasteiger partial charge in [-0.2, -0.15) is 0 Å². The van der Waals surface area contributed by atoms with Gasteiger partial charge in [-0.05, 0) is 50.8 Å². The zero-order chi connectivity index (χ0) is 37.1. The number of amides is 2. The third kappa shape index (κ3) is 16.2. The van der Waals surface area contributed by atoms with Crippen molar-refractivity contribution in [3.8, 4) is 0 Å². The van der Waals surface area contributed by atoms with Crippen molar-refractivity contribution in [2.45, 2.75) is 81.7 Å². The van der Waals surface area contributed by atoms with E-state index in [2.05, 4.69) is 23.8 Å². The van der Waals surface area contributed by atoms with Gasteiger partial charge < -0.3 is 29.6 Å². The van der Waals surface area contributed by atoms with Crippen LogP contribution in [0.2, 0.25) is 0 Å². The molecule has 2 rings (SSSR count). The highest BCUT2D eigenvalue weighted by atomic mass is 32.2. The number of ether oxygens (including phenoxy) is 4. The number of alkyl carbamates (subject to hydrolysis) is 1. The molecule has 0 aliphatic heterocycles. The van der Waals surface area contributed by atoms with Gasteiger partial charge in [-0.3, -0.25) is 14.4 Å². The van der Waals surface area contributed by atoms with Crippen molar-refractivity contribution in [2.75, 3.05) is 19.8 Å². The number of carbonyl (C=O) groups excluding carboxylic acids is 5. The molecule has 2 aromatic carbocycles. The number of hydrogen-bond donors (Lipinski definition) is 2. The standard InChI is InChI=1S/C38H50N2O9S/c1-8-20-46-33(42)23-28(22-27-16-12-10-13-17-27)35(43)48-25-30(39-37(45)49-38(5,6)7)31(50-29-18-14-11-15-19-29)24-32(41)40-34(26(3)4)36(44)47-21-9-2/h8-19,26,28,30-31,34H,1-2,20-25H2,3-7H3,(H,39,45)(H,40,41)/t28-,30+,31?,34+/m1/s1. The Kier molecular flexibility index (Phi) is 17.9. The van der Waals surface area contributed by atoms with Crippen LogP contribution in [0.15, 0.2) is 90.9 Å². The van der Waals surface area contributed by atoms with E-state index in [0.29, 0.717) is 0 Å². The lowest BCUT2D eigenvalue weighted by molar-refractivity contribution is -0.155. The van der Waals surface area contributed by atoms with Crippen LogP contribution < -0.4 is 10.6 Å². The fourth-order valence-corrected chi connectivity index (χ4v) is 5.83. The molecular weight excluding hydrogens is 660 g/mol. The molecule has 2 aromatic rings. The van der Waals surface area contributed by atoms with E-state index in [1.807, 2.05) is 60.7 Å². The van der Waals surface area contributed by atoms with Crippen LogP contribution in [0.4, 0.5) is 4.79 Å². The molecule has 0 aliphatic rings. The first-order valence-corrected chi connectivity index (χ1v) is 17.4. The molecule has 2 N–H and O–H groups in total. The summed E-state index contributed by atoms with van der Waals surface area (Å²) in [5.41, 5.74) is -0.0249. The molecule has 0 radical (unpaired) electrons. The Hall–Kier alpha value is -4.58. The summed E-state index contributed by atoms with van der Waals surface area (Å²) in [6.07, 6.45) is 1.87. The SMILES string of the molecule is C=CCOC(=O)C[C@@H](Cc1ccccc1)C(=O)OC[C@H](NC(=O)OC(C)(C)C)C(CC(=O)N[C@H](C(=O)OCC=C)C(C)C)Sc1ccccc1. The molecular formula is C38H50N2O9S. The number of thioether (sulfide) groups is 1. The van der Waals surface area contributed by atoms with Crippen molar-refractivity contribution in [1.29, 1.82) is 0 Å². The summed E-state index contributed by atoms with van der Waals surface area (Å²) in [6.45, 7) is 15.4. The van der Waals surface area contributed by atoms with E-state index in [4.69, 9.17) is 18.9 Å². The predicted molar refractivity (Wildman–Crippen MR) is 192 cm³/mol. The summed E-state index contributed by atoms with van der Waals surface area (Å²) in [7, 11) is 0. The first-order chi connectivity index (χ1) is 23.7. The highest BCUT2D eigenvalue weighted by Crippen LogP contribution is 2.29. The smallest absolute Gasteiger partial charge is 0.408 e. The highest BCUT2D eigenvalue weighted by Gasteiger charge is 2.34. The van der Waals surface area contributed by atoms with E-state index in [1.54, 1.807) is 34.6 Å². The average Bonchev–Trinajstić information content (AvgIpc) is 3.06. The molecule has 0 spiro atoms. The lowest BCUT2D eigenvalue weighted by Crippen LogP contribution is -2.50. The summed E-state index contributed by atoms with van der Waals surface area (Å²) < 4.78 is 21.7. The van der Waals surface area contributed by atoms with Gasteiger partial charge in [0.05, 0.1) is 18.4 Å². The molecule has 2 amide bonds. The lowest BCUT2D eigenvalue weighted by atomic mass is 9.96. The Morgan fingerprint density at radius 3 is 1.98 bits per heavy atom. The van der Waals surface area contributed by atoms with Gasteiger partial charge in [-0.1, -0.05) is 87.7 Å². The van der Waals surface area contributed by atoms with Crippen LogP contribution in [-0.2, 0) is 44.5 Å². The van der Waals surface area contributed by atoms with E-state index in [0.717, 1.165) is 10.5 Å². The first-order valence-electron chi connectivity index (χ1n) is 16.5. The molecule has 11 nitrogen and oxygen atoms in total. The van der Waals surface area contributed by atoms with E-state index in [-0.39, 0.29) is 45.0 Å². The Balaban J connectivity index is 2.41. The van der Waals surface area contributed by atoms with Gasteiger partial charge >= 0.3 is 24.0 Å². The van der Waals surface area contributed by atoms with E-state index in [1.165, 1.54) is 23.9 Å². The quantitative estimate of drug-likeness (QED) is 0.0746. The second kappa shape index (κ2) is 21.5. The molecule has 0 bridgehead atoms. The molecule has 12 heteroatoms. The van der Waals surface area contributed by atoms with Gasteiger partial charge in [0.2, 0.25) is 5.91 Å². The van der Waals surface area contributed by atoms with Crippen molar-refractivity contribution in [1.82, 2.24) is 10.6 Å². The number of esters is 3. The Morgan fingerprint density at radius 2 is 1.40 bits per heavy atom. The van der Waals surface area contributed by atoms with Gasteiger partial charge in [-0.15, -0.1) is 11.8 Å². The molecule has 1 unspecified atom stereocenters. The summed E-state index contributed by atoms with van der Waals surface area (Å²) >= 11 is 1.29. The maximum absolute atomic E-state index is 13.6. The van der Waals surface area contributed by atoms with E-state index >= 15 is 0 Å². The molecule has 0 heterocycles. The Labute approximate surface area is 299 Å². The average molecular weight is 711 g/mol. The third-order valence-corrected chi connectivity index (χ3v) is 8.33. The van der Waals surface area contributed by atoms with Crippen LogP contribution in [0.5, 0.6) is 0 Å². The Bertz CT molecular complexity index is 1410. The minimum atomic E-state index is -0.944. The van der Waals surface area contributed by atoms with Crippen LogP contribution in [0.1, 0.15) is 53.0 Å². The molecule has 50 heavy (non-hydrogen) atoms. The van der Waals surface area contributed by atoms with Crippen molar-refractivity contribution in [3.05, 3.63) is 91.5 Å². The van der Waals surface area contributed by atoms with Crippen molar-refractivity contribution >= 4 is 41.7 Å². The fraction of sp³-hybridized carbons (Fsp3) is 0.447.